The molecular weight excluding hydrogens is 332 g/mol. The van der Waals surface area contributed by atoms with E-state index in [1.807, 2.05) is 24.3 Å². The lowest BCUT2D eigenvalue weighted by molar-refractivity contribution is 0.0697. The smallest absolute Gasteiger partial charge is 0.335 e. The van der Waals surface area contributed by atoms with Crippen LogP contribution in [0, 0.1) is 0 Å². The van der Waals surface area contributed by atoms with Crippen LogP contribution in [0.5, 0.6) is 5.75 Å². The molecule has 6 nitrogen and oxygen atoms in total. The van der Waals surface area contributed by atoms with E-state index in [0.29, 0.717) is 12.4 Å². The highest BCUT2D eigenvalue weighted by Gasteiger charge is 2.04. The average Bonchev–Trinajstić information content (AvgIpc) is 3.07. The molecule has 0 radical (unpaired) electrons. The van der Waals surface area contributed by atoms with Crippen molar-refractivity contribution in [1.29, 1.82) is 0 Å². The predicted molar refractivity (Wildman–Crippen MR) is 98.7 cm³/mol. The zero-order valence-electron chi connectivity index (χ0n) is 14.5. The van der Waals surface area contributed by atoms with Crippen LogP contribution in [0.2, 0.25) is 0 Å². The summed E-state index contributed by atoms with van der Waals surface area (Å²) in [6, 6.07) is 14.2. The average molecular weight is 354 g/mol. The van der Waals surface area contributed by atoms with E-state index in [2.05, 4.69) is 10.3 Å². The highest BCUT2D eigenvalue weighted by molar-refractivity contribution is 5.87. The molecule has 0 atom stereocenters. The lowest BCUT2D eigenvalue weighted by Gasteiger charge is -2.07. The van der Waals surface area contributed by atoms with Gasteiger partial charge in [-0.05, 0) is 62.3 Å². The summed E-state index contributed by atoms with van der Waals surface area (Å²) in [6.45, 7) is 2.34. The molecule has 0 amide bonds. The number of rotatable bonds is 10. The summed E-state index contributed by atoms with van der Waals surface area (Å²) in [6.07, 6.45) is 2.65. The first kappa shape index (κ1) is 17.9. The lowest BCUT2D eigenvalue weighted by Crippen LogP contribution is -2.19. The van der Waals surface area contributed by atoms with Crippen LogP contribution in [0.15, 0.2) is 52.9 Å². The minimum atomic E-state index is -0.932. The molecule has 0 fully saturated rings. The standard InChI is InChI=1S/C20H22N2O4/c23-20(24)15-8-10-16(11-9-15)25-14-4-13-21-12-3-7-19-22-17-5-1-2-6-18(17)26-19/h1-2,5-6,8-11,21H,3-4,7,12-14H2,(H,23,24). The first-order chi connectivity index (χ1) is 12.7. The Bertz CT molecular complexity index is 809. The Hall–Kier alpha value is -2.86. The van der Waals surface area contributed by atoms with Gasteiger partial charge in [0.25, 0.3) is 0 Å². The van der Waals surface area contributed by atoms with E-state index in [9.17, 15) is 4.79 Å². The van der Waals surface area contributed by atoms with Crippen molar-refractivity contribution < 1.29 is 19.1 Å². The molecule has 3 aromatic rings. The molecule has 0 bridgehead atoms. The molecule has 136 valence electrons. The number of hydrogen-bond acceptors (Lipinski definition) is 5. The molecule has 0 aliphatic carbocycles. The number of carboxylic acid groups (broad SMARTS) is 1. The molecule has 6 heteroatoms. The summed E-state index contributed by atoms with van der Waals surface area (Å²) in [5, 5.41) is 12.2. The van der Waals surface area contributed by atoms with Gasteiger partial charge in [-0.15, -0.1) is 0 Å². The molecule has 2 N–H and O–H groups in total. The van der Waals surface area contributed by atoms with Gasteiger partial charge in [0.15, 0.2) is 11.5 Å². The van der Waals surface area contributed by atoms with E-state index in [-0.39, 0.29) is 5.56 Å². The maximum atomic E-state index is 10.8. The Morgan fingerprint density at radius 3 is 2.62 bits per heavy atom. The van der Waals surface area contributed by atoms with Crippen molar-refractivity contribution in [3.05, 3.63) is 60.0 Å². The third-order valence-corrected chi connectivity index (χ3v) is 3.95. The van der Waals surface area contributed by atoms with Crippen molar-refractivity contribution in [3.63, 3.8) is 0 Å². The molecule has 3 rings (SSSR count). The minimum absolute atomic E-state index is 0.262. The van der Waals surface area contributed by atoms with E-state index in [1.54, 1.807) is 24.3 Å². The van der Waals surface area contributed by atoms with Crippen molar-refractivity contribution in [1.82, 2.24) is 10.3 Å². The van der Waals surface area contributed by atoms with E-state index >= 15 is 0 Å². The van der Waals surface area contributed by atoms with E-state index in [0.717, 1.165) is 49.3 Å². The number of benzene rings is 2. The zero-order chi connectivity index (χ0) is 18.2. The molecule has 1 heterocycles. The number of para-hydroxylation sites is 2. The molecule has 0 spiro atoms. The van der Waals surface area contributed by atoms with E-state index in [1.165, 1.54) is 0 Å². The lowest BCUT2D eigenvalue weighted by atomic mass is 10.2. The number of nitrogens with zero attached hydrogens (tertiary/aromatic N) is 1. The Kier molecular flexibility index (Phi) is 6.22. The van der Waals surface area contributed by atoms with E-state index < -0.39 is 5.97 Å². The van der Waals surface area contributed by atoms with Gasteiger partial charge in [0.05, 0.1) is 12.2 Å². The molecule has 0 unspecified atom stereocenters. The van der Waals surface area contributed by atoms with Crippen LogP contribution in [-0.4, -0.2) is 35.8 Å². The first-order valence-corrected chi connectivity index (χ1v) is 8.74. The second-order valence-corrected chi connectivity index (χ2v) is 5.96. The molecule has 0 saturated carbocycles. The van der Waals surface area contributed by atoms with Crippen LogP contribution in [-0.2, 0) is 6.42 Å². The van der Waals surface area contributed by atoms with Gasteiger partial charge in [0.2, 0.25) is 0 Å². The summed E-state index contributed by atoms with van der Waals surface area (Å²) in [5.74, 6) is 0.533. The maximum Gasteiger partial charge on any atom is 0.335 e. The summed E-state index contributed by atoms with van der Waals surface area (Å²) < 4.78 is 11.3. The Morgan fingerprint density at radius 2 is 1.85 bits per heavy atom. The number of oxazole rings is 1. The van der Waals surface area contributed by atoms with Crippen LogP contribution >= 0.6 is 0 Å². The Morgan fingerprint density at radius 1 is 1.08 bits per heavy atom. The van der Waals surface area contributed by atoms with Crippen molar-refractivity contribution >= 4 is 17.1 Å². The molecule has 26 heavy (non-hydrogen) atoms. The molecule has 0 aliphatic heterocycles. The topological polar surface area (TPSA) is 84.6 Å². The first-order valence-electron chi connectivity index (χ1n) is 8.74. The van der Waals surface area contributed by atoms with Crippen LogP contribution in [0.4, 0.5) is 0 Å². The summed E-state index contributed by atoms with van der Waals surface area (Å²) in [7, 11) is 0. The number of fused-ring (bicyclic) bond motifs is 1. The number of aryl methyl sites for hydroxylation is 1. The normalized spacial score (nSPS) is 10.9. The van der Waals surface area contributed by atoms with Crippen molar-refractivity contribution in [2.75, 3.05) is 19.7 Å². The van der Waals surface area contributed by atoms with Crippen LogP contribution in [0.25, 0.3) is 11.1 Å². The van der Waals surface area contributed by atoms with Crippen molar-refractivity contribution in [2.45, 2.75) is 19.3 Å². The largest absolute Gasteiger partial charge is 0.494 e. The fourth-order valence-corrected chi connectivity index (χ4v) is 2.60. The molecule has 2 aromatic carbocycles. The number of hydrogen-bond donors (Lipinski definition) is 2. The van der Waals surface area contributed by atoms with Crippen molar-refractivity contribution in [2.24, 2.45) is 0 Å². The van der Waals surface area contributed by atoms with Crippen LogP contribution < -0.4 is 10.1 Å². The van der Waals surface area contributed by atoms with Gasteiger partial charge < -0.3 is 19.6 Å². The highest BCUT2D eigenvalue weighted by atomic mass is 16.5. The minimum Gasteiger partial charge on any atom is -0.494 e. The molecular formula is C20H22N2O4. The molecule has 0 saturated heterocycles. The van der Waals surface area contributed by atoms with Crippen molar-refractivity contribution in [3.8, 4) is 5.75 Å². The SMILES string of the molecule is O=C(O)c1ccc(OCCCNCCCc2nc3ccccc3o2)cc1. The van der Waals surface area contributed by atoms with Crippen LogP contribution in [0.1, 0.15) is 29.1 Å². The molecule has 0 aliphatic rings. The highest BCUT2D eigenvalue weighted by Crippen LogP contribution is 2.15. The summed E-state index contributed by atoms with van der Waals surface area (Å²) in [4.78, 5) is 15.2. The second-order valence-electron chi connectivity index (χ2n) is 5.96. The van der Waals surface area contributed by atoms with Gasteiger partial charge in [-0.25, -0.2) is 9.78 Å². The Balaban J connectivity index is 1.26. The predicted octanol–water partition coefficient (Wildman–Crippen LogP) is 3.52. The number of carboxylic acids is 1. The number of nitrogens with one attached hydrogen (secondary N) is 1. The second kappa shape index (κ2) is 9.01. The Labute approximate surface area is 151 Å². The fourth-order valence-electron chi connectivity index (χ4n) is 2.60. The number of carbonyl (C=O) groups is 1. The number of aromatic carboxylic acids is 1. The third-order valence-electron chi connectivity index (χ3n) is 3.95. The van der Waals surface area contributed by atoms with Crippen LogP contribution in [0.3, 0.4) is 0 Å². The summed E-state index contributed by atoms with van der Waals surface area (Å²) in [5.41, 5.74) is 2.01. The fraction of sp³-hybridized carbons (Fsp3) is 0.300. The monoisotopic (exact) mass is 354 g/mol. The zero-order valence-corrected chi connectivity index (χ0v) is 14.5. The van der Waals surface area contributed by atoms with E-state index in [4.69, 9.17) is 14.3 Å². The van der Waals surface area contributed by atoms with Gasteiger partial charge in [0, 0.05) is 6.42 Å². The number of ether oxygens (including phenoxy) is 1. The third kappa shape index (κ3) is 5.07. The number of aromatic nitrogens is 1. The maximum absolute atomic E-state index is 10.8. The van der Waals surface area contributed by atoms with Gasteiger partial charge in [-0.1, -0.05) is 12.1 Å². The quantitative estimate of drug-likeness (QED) is 0.542. The van der Waals surface area contributed by atoms with Gasteiger partial charge in [-0.2, -0.15) is 0 Å². The molecule has 1 aromatic heterocycles. The van der Waals surface area contributed by atoms with Gasteiger partial charge in [-0.3, -0.25) is 0 Å². The summed E-state index contributed by atoms with van der Waals surface area (Å²) >= 11 is 0. The van der Waals surface area contributed by atoms with Gasteiger partial charge >= 0.3 is 5.97 Å². The van der Waals surface area contributed by atoms with Gasteiger partial charge in [0.1, 0.15) is 11.3 Å².